The molecule has 0 aromatic rings. The molecule has 0 saturated carbocycles. The van der Waals surface area contributed by atoms with Gasteiger partial charge < -0.3 is 24.4 Å². The standard InChI is InChI=1S/C15H30N2O3/c1-3-19-7-5-16-9-13-11-17(6-8-20-4-2)12-14(10-16)15(13)18/h13-15,18H,3-12H2,1-2H3. The monoisotopic (exact) mass is 286 g/mol. The minimum atomic E-state index is -0.123. The van der Waals surface area contributed by atoms with Crippen LogP contribution in [0.4, 0.5) is 0 Å². The molecule has 0 spiro atoms. The molecule has 0 aliphatic carbocycles. The van der Waals surface area contributed by atoms with Crippen LogP contribution in [0.2, 0.25) is 0 Å². The van der Waals surface area contributed by atoms with Crippen molar-refractivity contribution in [2.75, 3.05) is 65.7 Å². The largest absolute Gasteiger partial charge is 0.392 e. The van der Waals surface area contributed by atoms with E-state index in [4.69, 9.17) is 9.47 Å². The molecule has 2 fully saturated rings. The quantitative estimate of drug-likeness (QED) is 0.650. The predicted molar refractivity (Wildman–Crippen MR) is 78.9 cm³/mol. The zero-order chi connectivity index (χ0) is 14.4. The fourth-order valence-corrected chi connectivity index (χ4v) is 3.45. The molecule has 2 bridgehead atoms. The highest BCUT2D eigenvalue weighted by Gasteiger charge is 2.40. The SMILES string of the molecule is CCOCCN1CC2CN(CCOCC)CC(C1)C2O. The molecule has 0 unspecified atom stereocenters. The molecule has 0 aromatic carbocycles. The van der Waals surface area contributed by atoms with Gasteiger partial charge in [-0.1, -0.05) is 0 Å². The molecule has 2 aliphatic rings. The van der Waals surface area contributed by atoms with Crippen LogP contribution in [-0.2, 0) is 9.47 Å². The van der Waals surface area contributed by atoms with Crippen molar-refractivity contribution < 1.29 is 14.6 Å². The first-order valence-corrected chi connectivity index (χ1v) is 8.02. The summed E-state index contributed by atoms with van der Waals surface area (Å²) in [4.78, 5) is 4.91. The van der Waals surface area contributed by atoms with Gasteiger partial charge >= 0.3 is 0 Å². The smallest absolute Gasteiger partial charge is 0.0645 e. The van der Waals surface area contributed by atoms with E-state index in [1.165, 1.54) is 0 Å². The topological polar surface area (TPSA) is 45.2 Å². The molecule has 2 aliphatic heterocycles. The van der Waals surface area contributed by atoms with Crippen molar-refractivity contribution in [3.8, 4) is 0 Å². The molecule has 0 radical (unpaired) electrons. The number of rotatable bonds is 8. The van der Waals surface area contributed by atoms with Crippen LogP contribution < -0.4 is 0 Å². The number of ether oxygens (including phenoxy) is 2. The summed E-state index contributed by atoms with van der Waals surface area (Å²) in [5.41, 5.74) is 0. The summed E-state index contributed by atoms with van der Waals surface area (Å²) >= 11 is 0. The lowest BCUT2D eigenvalue weighted by Gasteiger charge is -2.49. The van der Waals surface area contributed by atoms with Gasteiger partial charge in [0.2, 0.25) is 0 Å². The number of piperidine rings is 2. The van der Waals surface area contributed by atoms with Crippen molar-refractivity contribution in [2.24, 2.45) is 11.8 Å². The molecule has 2 rings (SSSR count). The minimum absolute atomic E-state index is 0.123. The number of hydrogen-bond acceptors (Lipinski definition) is 5. The van der Waals surface area contributed by atoms with Gasteiger partial charge in [0.15, 0.2) is 0 Å². The molecule has 5 nitrogen and oxygen atoms in total. The van der Waals surface area contributed by atoms with Crippen molar-refractivity contribution in [1.29, 1.82) is 0 Å². The Hall–Kier alpha value is -0.200. The van der Waals surface area contributed by atoms with E-state index in [0.29, 0.717) is 11.8 Å². The maximum Gasteiger partial charge on any atom is 0.0645 e. The number of aliphatic hydroxyl groups is 1. The Morgan fingerprint density at radius 3 is 1.60 bits per heavy atom. The summed E-state index contributed by atoms with van der Waals surface area (Å²) in [5, 5.41) is 10.4. The van der Waals surface area contributed by atoms with Crippen molar-refractivity contribution in [2.45, 2.75) is 20.0 Å². The lowest BCUT2D eigenvalue weighted by atomic mass is 9.81. The van der Waals surface area contributed by atoms with E-state index in [1.54, 1.807) is 0 Å². The first-order valence-electron chi connectivity index (χ1n) is 8.02. The Bertz CT molecular complexity index is 240. The van der Waals surface area contributed by atoms with Gasteiger partial charge in [-0.15, -0.1) is 0 Å². The number of fused-ring (bicyclic) bond motifs is 2. The van der Waals surface area contributed by atoms with Crippen molar-refractivity contribution in [1.82, 2.24) is 9.80 Å². The lowest BCUT2D eigenvalue weighted by molar-refractivity contribution is -0.0848. The highest BCUT2D eigenvalue weighted by Crippen LogP contribution is 2.28. The van der Waals surface area contributed by atoms with Crippen molar-refractivity contribution in [3.05, 3.63) is 0 Å². The summed E-state index contributed by atoms with van der Waals surface area (Å²) < 4.78 is 10.9. The first-order chi connectivity index (χ1) is 9.74. The van der Waals surface area contributed by atoms with E-state index in [1.807, 2.05) is 13.8 Å². The molecule has 2 heterocycles. The third-order valence-corrected chi connectivity index (χ3v) is 4.45. The van der Waals surface area contributed by atoms with Crippen LogP contribution in [0.25, 0.3) is 0 Å². The van der Waals surface area contributed by atoms with E-state index in [9.17, 15) is 5.11 Å². The summed E-state index contributed by atoms with van der Waals surface area (Å²) in [6.45, 7) is 13.2. The maximum absolute atomic E-state index is 10.4. The Morgan fingerprint density at radius 1 is 0.850 bits per heavy atom. The highest BCUT2D eigenvalue weighted by molar-refractivity contribution is 4.93. The van der Waals surface area contributed by atoms with Gasteiger partial charge in [-0.2, -0.15) is 0 Å². The maximum atomic E-state index is 10.4. The lowest BCUT2D eigenvalue weighted by Crippen LogP contribution is -2.60. The number of aliphatic hydroxyl groups excluding tert-OH is 1. The zero-order valence-corrected chi connectivity index (χ0v) is 13.0. The van der Waals surface area contributed by atoms with Gasteiger partial charge in [-0.05, 0) is 13.8 Å². The molecule has 1 N–H and O–H groups in total. The Labute approximate surface area is 122 Å². The van der Waals surface area contributed by atoms with Crippen LogP contribution in [0.1, 0.15) is 13.8 Å². The highest BCUT2D eigenvalue weighted by atomic mass is 16.5. The van der Waals surface area contributed by atoms with Gasteiger partial charge in [-0.25, -0.2) is 0 Å². The first kappa shape index (κ1) is 16.2. The third-order valence-electron chi connectivity index (χ3n) is 4.45. The summed E-state index contributed by atoms with van der Waals surface area (Å²) in [7, 11) is 0. The van der Waals surface area contributed by atoms with E-state index >= 15 is 0 Å². The van der Waals surface area contributed by atoms with Crippen LogP contribution in [-0.4, -0.2) is 86.7 Å². The summed E-state index contributed by atoms with van der Waals surface area (Å²) in [6.07, 6.45) is -0.123. The zero-order valence-electron chi connectivity index (χ0n) is 13.0. The second-order valence-electron chi connectivity index (χ2n) is 5.92. The molecular weight excluding hydrogens is 256 g/mol. The van der Waals surface area contributed by atoms with Gasteiger partial charge in [0.1, 0.15) is 0 Å². The van der Waals surface area contributed by atoms with Crippen LogP contribution >= 0.6 is 0 Å². The second-order valence-corrected chi connectivity index (χ2v) is 5.92. The molecule has 0 amide bonds. The van der Waals surface area contributed by atoms with Crippen LogP contribution in [0, 0.1) is 11.8 Å². The predicted octanol–water partition coefficient (Wildman–Crippen LogP) is 0.284. The van der Waals surface area contributed by atoms with Crippen LogP contribution in [0.5, 0.6) is 0 Å². The third kappa shape index (κ3) is 4.40. The fourth-order valence-electron chi connectivity index (χ4n) is 3.45. The Balaban J connectivity index is 1.77. The molecular formula is C15H30N2O3. The summed E-state index contributed by atoms with van der Waals surface area (Å²) in [5.74, 6) is 0.761. The number of nitrogens with zero attached hydrogens (tertiary/aromatic N) is 2. The molecule has 118 valence electrons. The minimum Gasteiger partial charge on any atom is -0.392 e. The second kappa shape index (κ2) is 8.29. The molecule has 0 aromatic heterocycles. The normalized spacial score (nSPS) is 31.6. The number of likely N-dealkylation sites (tertiary alicyclic amines) is 2. The average molecular weight is 286 g/mol. The molecule has 20 heavy (non-hydrogen) atoms. The molecule has 0 atom stereocenters. The Morgan fingerprint density at radius 2 is 1.25 bits per heavy atom. The van der Waals surface area contributed by atoms with Gasteiger partial charge in [-0.3, -0.25) is 0 Å². The van der Waals surface area contributed by atoms with Gasteiger partial charge in [0.25, 0.3) is 0 Å². The fraction of sp³-hybridized carbons (Fsp3) is 1.00. The summed E-state index contributed by atoms with van der Waals surface area (Å²) in [6, 6.07) is 0. The van der Waals surface area contributed by atoms with Gasteiger partial charge in [0, 0.05) is 64.3 Å². The van der Waals surface area contributed by atoms with Gasteiger partial charge in [0.05, 0.1) is 19.3 Å². The van der Waals surface area contributed by atoms with Crippen LogP contribution in [0.15, 0.2) is 0 Å². The van der Waals surface area contributed by atoms with Crippen molar-refractivity contribution in [3.63, 3.8) is 0 Å². The van der Waals surface area contributed by atoms with E-state index in [-0.39, 0.29) is 6.10 Å². The van der Waals surface area contributed by atoms with E-state index < -0.39 is 0 Å². The molecule has 5 heteroatoms. The van der Waals surface area contributed by atoms with Crippen molar-refractivity contribution >= 4 is 0 Å². The van der Waals surface area contributed by atoms with E-state index in [2.05, 4.69) is 9.80 Å². The average Bonchev–Trinajstić information content (AvgIpc) is 2.41. The van der Waals surface area contributed by atoms with E-state index in [0.717, 1.165) is 65.7 Å². The Kier molecular flexibility index (Phi) is 6.71. The number of hydrogen-bond donors (Lipinski definition) is 1. The molecule has 2 saturated heterocycles. The van der Waals surface area contributed by atoms with Crippen LogP contribution in [0.3, 0.4) is 0 Å².